The molecule has 2 amide bonds. The number of nitrogens with zero attached hydrogens (tertiary/aromatic N) is 3. The van der Waals surface area contributed by atoms with Gasteiger partial charge in [0.25, 0.3) is 5.88 Å². The lowest BCUT2D eigenvalue weighted by Gasteiger charge is -2.35. The Morgan fingerprint density at radius 1 is 1.42 bits per heavy atom. The molecule has 24 heavy (non-hydrogen) atoms. The van der Waals surface area contributed by atoms with Crippen LogP contribution in [0, 0.1) is 5.82 Å². The Hall–Kier alpha value is -2.61. The zero-order valence-corrected chi connectivity index (χ0v) is 13.5. The number of methoxy groups -OCH3 is 1. The lowest BCUT2D eigenvalue weighted by molar-refractivity contribution is 0.0147. The Bertz CT molecular complexity index is 717. The van der Waals surface area contributed by atoms with Crippen molar-refractivity contribution in [2.75, 3.05) is 32.2 Å². The smallest absolute Gasteiger partial charge is 0.322 e. The predicted octanol–water partition coefficient (Wildman–Crippen LogP) is 2.17. The number of amides is 2. The molecule has 0 spiro atoms. The molecular weight excluding hydrogens is 315 g/mol. The van der Waals surface area contributed by atoms with Crippen molar-refractivity contribution in [2.45, 2.75) is 6.04 Å². The van der Waals surface area contributed by atoms with Gasteiger partial charge in [0.05, 0.1) is 32.6 Å². The summed E-state index contributed by atoms with van der Waals surface area (Å²) in [5.41, 5.74) is 1.32. The van der Waals surface area contributed by atoms with Crippen LogP contribution in [0.5, 0.6) is 5.88 Å². The van der Waals surface area contributed by atoms with Gasteiger partial charge in [-0.3, -0.25) is 4.68 Å². The Balaban J connectivity index is 1.79. The first kappa shape index (κ1) is 16.3. The number of hydrogen-bond donors (Lipinski definition) is 1. The summed E-state index contributed by atoms with van der Waals surface area (Å²) in [5, 5.41) is 6.92. The van der Waals surface area contributed by atoms with E-state index in [0.29, 0.717) is 31.3 Å². The SMILES string of the molecule is COc1nn(C)cc1NC(=O)N1CCOCC1c1ccc(F)cc1. The van der Waals surface area contributed by atoms with Crippen molar-refractivity contribution in [1.29, 1.82) is 0 Å². The number of hydrogen-bond acceptors (Lipinski definition) is 4. The number of aromatic nitrogens is 2. The highest BCUT2D eigenvalue weighted by Crippen LogP contribution is 2.27. The number of carbonyl (C=O) groups is 1. The van der Waals surface area contributed by atoms with Crippen LogP contribution in [0.1, 0.15) is 11.6 Å². The molecule has 1 unspecified atom stereocenters. The minimum atomic E-state index is -0.313. The van der Waals surface area contributed by atoms with E-state index in [1.165, 1.54) is 19.2 Å². The molecule has 1 aliphatic rings. The van der Waals surface area contributed by atoms with Gasteiger partial charge in [-0.05, 0) is 17.7 Å². The Morgan fingerprint density at radius 2 is 2.17 bits per heavy atom. The van der Waals surface area contributed by atoms with Crippen LogP contribution in [0.4, 0.5) is 14.9 Å². The molecule has 0 saturated carbocycles. The van der Waals surface area contributed by atoms with Gasteiger partial charge in [0, 0.05) is 13.6 Å². The van der Waals surface area contributed by atoms with E-state index in [0.717, 1.165) is 5.56 Å². The van der Waals surface area contributed by atoms with Crippen molar-refractivity contribution in [2.24, 2.45) is 7.05 Å². The molecule has 2 aromatic rings. The molecule has 1 aromatic carbocycles. The Morgan fingerprint density at radius 3 is 2.88 bits per heavy atom. The number of rotatable bonds is 3. The number of halogens is 1. The van der Waals surface area contributed by atoms with E-state index in [1.54, 1.807) is 35.0 Å². The predicted molar refractivity (Wildman–Crippen MR) is 85.4 cm³/mol. The van der Waals surface area contributed by atoms with E-state index in [9.17, 15) is 9.18 Å². The summed E-state index contributed by atoms with van der Waals surface area (Å²) in [6, 6.07) is 5.54. The molecule has 1 atom stereocenters. The molecule has 0 bridgehead atoms. The Labute approximate surface area is 139 Å². The molecule has 0 aliphatic carbocycles. The molecule has 3 rings (SSSR count). The average Bonchev–Trinajstić information content (AvgIpc) is 2.95. The topological polar surface area (TPSA) is 68.6 Å². The van der Waals surface area contributed by atoms with Gasteiger partial charge in [0.15, 0.2) is 0 Å². The Kier molecular flexibility index (Phi) is 4.66. The summed E-state index contributed by atoms with van der Waals surface area (Å²) in [6.07, 6.45) is 1.67. The fourth-order valence-corrected chi connectivity index (χ4v) is 2.70. The molecule has 2 heterocycles. The monoisotopic (exact) mass is 334 g/mol. The van der Waals surface area contributed by atoms with E-state index < -0.39 is 0 Å². The summed E-state index contributed by atoms with van der Waals surface area (Å²) in [4.78, 5) is 14.4. The summed E-state index contributed by atoms with van der Waals surface area (Å²) < 4.78 is 25.3. The van der Waals surface area contributed by atoms with Crippen molar-refractivity contribution in [3.63, 3.8) is 0 Å². The van der Waals surface area contributed by atoms with Crippen LogP contribution >= 0.6 is 0 Å². The third-order valence-corrected chi connectivity index (χ3v) is 3.87. The molecule has 7 nitrogen and oxygen atoms in total. The lowest BCUT2D eigenvalue weighted by atomic mass is 10.1. The number of nitrogens with one attached hydrogen (secondary N) is 1. The molecule has 1 fully saturated rings. The second-order valence-corrected chi connectivity index (χ2v) is 5.49. The van der Waals surface area contributed by atoms with Gasteiger partial charge >= 0.3 is 6.03 Å². The summed E-state index contributed by atoms with van der Waals surface area (Å²) >= 11 is 0. The van der Waals surface area contributed by atoms with Crippen LogP contribution in [-0.2, 0) is 11.8 Å². The third kappa shape index (κ3) is 3.33. The van der Waals surface area contributed by atoms with Crippen LogP contribution in [0.15, 0.2) is 30.5 Å². The first-order valence-electron chi connectivity index (χ1n) is 7.57. The molecular formula is C16H19FN4O3. The maximum atomic E-state index is 13.1. The number of aryl methyl sites for hydroxylation is 1. The number of urea groups is 1. The van der Waals surface area contributed by atoms with Crippen molar-refractivity contribution >= 4 is 11.7 Å². The summed E-state index contributed by atoms with van der Waals surface area (Å²) in [6.45, 7) is 1.26. The van der Waals surface area contributed by atoms with Crippen LogP contribution in [0.3, 0.4) is 0 Å². The van der Waals surface area contributed by atoms with Crippen molar-refractivity contribution in [3.05, 3.63) is 41.8 Å². The standard InChI is InChI=1S/C16H19FN4O3/c1-20-9-13(15(19-20)23-2)18-16(22)21-7-8-24-10-14(21)11-3-5-12(17)6-4-11/h3-6,9,14H,7-8,10H2,1-2H3,(H,18,22). The van der Waals surface area contributed by atoms with E-state index >= 15 is 0 Å². The molecule has 1 aromatic heterocycles. The molecule has 1 saturated heterocycles. The van der Waals surface area contributed by atoms with E-state index in [2.05, 4.69) is 10.4 Å². The van der Waals surface area contributed by atoms with Gasteiger partial charge < -0.3 is 19.7 Å². The first-order chi connectivity index (χ1) is 11.6. The largest absolute Gasteiger partial charge is 0.478 e. The van der Waals surface area contributed by atoms with Crippen molar-refractivity contribution in [3.8, 4) is 5.88 Å². The highest BCUT2D eigenvalue weighted by Gasteiger charge is 2.29. The molecule has 128 valence electrons. The minimum Gasteiger partial charge on any atom is -0.478 e. The number of ether oxygens (including phenoxy) is 2. The average molecular weight is 334 g/mol. The molecule has 8 heteroatoms. The molecule has 0 radical (unpaired) electrons. The fraction of sp³-hybridized carbons (Fsp3) is 0.375. The van der Waals surface area contributed by atoms with Gasteiger partial charge in [-0.25, -0.2) is 9.18 Å². The highest BCUT2D eigenvalue weighted by atomic mass is 19.1. The maximum absolute atomic E-state index is 13.1. The third-order valence-electron chi connectivity index (χ3n) is 3.87. The first-order valence-corrected chi connectivity index (χ1v) is 7.57. The van der Waals surface area contributed by atoms with Gasteiger partial charge in [-0.15, -0.1) is 5.10 Å². The summed E-state index contributed by atoms with van der Waals surface area (Å²) in [5.74, 6) is 0.0315. The fourth-order valence-electron chi connectivity index (χ4n) is 2.70. The lowest BCUT2D eigenvalue weighted by Crippen LogP contribution is -2.45. The zero-order valence-electron chi connectivity index (χ0n) is 13.5. The van der Waals surface area contributed by atoms with E-state index in [-0.39, 0.29) is 17.9 Å². The second-order valence-electron chi connectivity index (χ2n) is 5.49. The minimum absolute atomic E-state index is 0.276. The van der Waals surface area contributed by atoms with Crippen LogP contribution in [0.25, 0.3) is 0 Å². The van der Waals surface area contributed by atoms with Crippen LogP contribution in [0.2, 0.25) is 0 Å². The number of morpholine rings is 1. The van der Waals surface area contributed by atoms with Gasteiger partial charge in [0.1, 0.15) is 11.5 Å². The van der Waals surface area contributed by atoms with E-state index in [4.69, 9.17) is 9.47 Å². The van der Waals surface area contributed by atoms with Gasteiger partial charge in [-0.2, -0.15) is 0 Å². The number of anilines is 1. The molecule has 1 N–H and O–H groups in total. The second kappa shape index (κ2) is 6.88. The number of benzene rings is 1. The summed E-state index contributed by atoms with van der Waals surface area (Å²) in [7, 11) is 3.24. The van der Waals surface area contributed by atoms with E-state index in [1.807, 2.05) is 0 Å². The number of carbonyl (C=O) groups excluding carboxylic acids is 1. The highest BCUT2D eigenvalue weighted by molar-refractivity contribution is 5.90. The quantitative estimate of drug-likeness (QED) is 0.934. The molecule has 1 aliphatic heterocycles. The van der Waals surface area contributed by atoms with Gasteiger partial charge in [-0.1, -0.05) is 12.1 Å². The van der Waals surface area contributed by atoms with Crippen molar-refractivity contribution < 1.29 is 18.7 Å². The zero-order chi connectivity index (χ0) is 17.1. The van der Waals surface area contributed by atoms with Crippen LogP contribution < -0.4 is 10.1 Å². The van der Waals surface area contributed by atoms with Crippen molar-refractivity contribution in [1.82, 2.24) is 14.7 Å². The van der Waals surface area contributed by atoms with Crippen LogP contribution in [-0.4, -0.2) is 47.6 Å². The maximum Gasteiger partial charge on any atom is 0.322 e. The van der Waals surface area contributed by atoms with Gasteiger partial charge in [0.2, 0.25) is 0 Å². The normalized spacial score (nSPS) is 17.6.